The molecule has 0 saturated heterocycles. The monoisotopic (exact) mass is 439 g/mol. The van der Waals surface area contributed by atoms with E-state index in [1.54, 1.807) is 10.6 Å². The Labute approximate surface area is 184 Å². The van der Waals surface area contributed by atoms with Gasteiger partial charge in [0.2, 0.25) is 5.91 Å². The summed E-state index contributed by atoms with van der Waals surface area (Å²) < 4.78 is 1.63. The molecule has 1 aromatic carbocycles. The molecule has 0 saturated carbocycles. The lowest BCUT2D eigenvalue weighted by Crippen LogP contribution is -2.40. The predicted molar refractivity (Wildman–Crippen MR) is 126 cm³/mol. The number of anilines is 1. The van der Waals surface area contributed by atoms with E-state index in [9.17, 15) is 9.59 Å². The van der Waals surface area contributed by atoms with Gasteiger partial charge in [0.05, 0.1) is 10.6 Å². The number of rotatable bonds is 5. The van der Waals surface area contributed by atoms with E-state index in [0.29, 0.717) is 17.1 Å². The highest BCUT2D eigenvalue weighted by molar-refractivity contribution is 8.00. The Bertz CT molecular complexity index is 1210. The summed E-state index contributed by atoms with van der Waals surface area (Å²) in [6, 6.07) is 8.17. The number of fused-ring (bicyclic) bond motifs is 2. The molecule has 2 aromatic heterocycles. The van der Waals surface area contributed by atoms with Crippen LogP contribution in [0.1, 0.15) is 29.9 Å². The first kappa shape index (κ1) is 20.9. The van der Waals surface area contributed by atoms with E-state index in [4.69, 9.17) is 4.98 Å². The van der Waals surface area contributed by atoms with Gasteiger partial charge in [0.25, 0.3) is 5.56 Å². The molecule has 3 heterocycles. The van der Waals surface area contributed by atoms with Crippen molar-refractivity contribution in [1.29, 1.82) is 0 Å². The summed E-state index contributed by atoms with van der Waals surface area (Å²) >= 11 is 2.87. The molecule has 0 fully saturated rings. The normalized spacial score (nSPS) is 16.7. The van der Waals surface area contributed by atoms with Gasteiger partial charge in [-0.2, -0.15) is 0 Å². The molecule has 4 rings (SSSR count). The average molecular weight is 440 g/mol. The Morgan fingerprint density at radius 3 is 2.87 bits per heavy atom. The van der Waals surface area contributed by atoms with Gasteiger partial charge in [-0.05, 0) is 51.3 Å². The van der Waals surface area contributed by atoms with Crippen LogP contribution < -0.4 is 10.5 Å². The number of carbonyl (C=O) groups excluding carboxylic acids is 1. The van der Waals surface area contributed by atoms with Gasteiger partial charge in [-0.15, -0.1) is 17.9 Å². The zero-order chi connectivity index (χ0) is 21.6. The van der Waals surface area contributed by atoms with Crippen molar-refractivity contribution in [2.45, 2.75) is 57.1 Å². The SMILES string of the molecule is C=CCn1c(S[C@H](C)C(=O)N2c3ccccc3C[C@H]2C)nc2sc(C)c(C)c2c1=O. The molecule has 1 amide bonds. The van der Waals surface area contributed by atoms with Gasteiger partial charge in [-0.3, -0.25) is 14.2 Å². The van der Waals surface area contributed by atoms with Crippen molar-refractivity contribution in [3.8, 4) is 0 Å². The van der Waals surface area contributed by atoms with E-state index in [1.807, 2.05) is 43.9 Å². The third kappa shape index (κ3) is 3.40. The van der Waals surface area contributed by atoms with Gasteiger partial charge in [0.1, 0.15) is 4.83 Å². The number of hydrogen-bond donors (Lipinski definition) is 0. The average Bonchev–Trinajstić information content (AvgIpc) is 3.19. The van der Waals surface area contributed by atoms with Crippen LogP contribution in [-0.2, 0) is 17.8 Å². The number of para-hydroxylation sites is 1. The number of aryl methyl sites for hydroxylation is 2. The molecule has 7 heteroatoms. The van der Waals surface area contributed by atoms with E-state index >= 15 is 0 Å². The molecule has 156 valence electrons. The van der Waals surface area contributed by atoms with Crippen LogP contribution in [0.3, 0.4) is 0 Å². The van der Waals surface area contributed by atoms with Gasteiger partial charge in [-0.25, -0.2) is 4.98 Å². The van der Waals surface area contributed by atoms with Crippen LogP contribution in [0.4, 0.5) is 5.69 Å². The molecule has 1 aliphatic heterocycles. The number of allylic oxidation sites excluding steroid dienone is 1. The van der Waals surface area contributed by atoms with Crippen molar-refractivity contribution in [3.63, 3.8) is 0 Å². The highest BCUT2D eigenvalue weighted by atomic mass is 32.2. The summed E-state index contributed by atoms with van der Waals surface area (Å²) in [4.78, 5) is 35.0. The van der Waals surface area contributed by atoms with E-state index < -0.39 is 0 Å². The predicted octanol–water partition coefficient (Wildman–Crippen LogP) is 4.72. The van der Waals surface area contributed by atoms with Crippen LogP contribution in [-0.4, -0.2) is 26.8 Å². The molecular weight excluding hydrogens is 414 g/mol. The van der Waals surface area contributed by atoms with Crippen LogP contribution in [0.25, 0.3) is 10.2 Å². The highest BCUT2D eigenvalue weighted by Crippen LogP contribution is 2.35. The number of benzene rings is 1. The Morgan fingerprint density at radius 2 is 2.13 bits per heavy atom. The Morgan fingerprint density at radius 1 is 1.40 bits per heavy atom. The van der Waals surface area contributed by atoms with Crippen molar-refractivity contribution in [2.75, 3.05) is 4.90 Å². The lowest BCUT2D eigenvalue weighted by molar-refractivity contribution is -0.118. The number of aromatic nitrogens is 2. The minimum Gasteiger partial charge on any atom is -0.308 e. The summed E-state index contributed by atoms with van der Waals surface area (Å²) in [5.74, 6) is 0.0375. The molecule has 1 aliphatic rings. The molecule has 2 atom stereocenters. The van der Waals surface area contributed by atoms with Gasteiger partial charge >= 0.3 is 0 Å². The molecule has 0 bridgehead atoms. The topological polar surface area (TPSA) is 55.2 Å². The second-order valence-electron chi connectivity index (χ2n) is 7.71. The van der Waals surface area contributed by atoms with Crippen LogP contribution in [0.2, 0.25) is 0 Å². The molecule has 30 heavy (non-hydrogen) atoms. The van der Waals surface area contributed by atoms with E-state index in [2.05, 4.69) is 19.6 Å². The number of thioether (sulfide) groups is 1. The summed E-state index contributed by atoms with van der Waals surface area (Å²) in [5.41, 5.74) is 3.10. The minimum atomic E-state index is -0.374. The second-order valence-corrected chi connectivity index (χ2v) is 10.2. The first-order chi connectivity index (χ1) is 14.3. The molecule has 0 N–H and O–H groups in total. The van der Waals surface area contributed by atoms with Gasteiger partial charge in [-0.1, -0.05) is 36.0 Å². The van der Waals surface area contributed by atoms with Crippen LogP contribution >= 0.6 is 23.1 Å². The zero-order valence-corrected chi connectivity index (χ0v) is 19.3. The van der Waals surface area contributed by atoms with Crippen molar-refractivity contribution in [3.05, 3.63) is 63.3 Å². The maximum atomic E-state index is 13.4. The fourth-order valence-electron chi connectivity index (χ4n) is 3.99. The third-order valence-electron chi connectivity index (χ3n) is 5.64. The quantitative estimate of drug-likeness (QED) is 0.328. The number of hydrogen-bond acceptors (Lipinski definition) is 5. The largest absolute Gasteiger partial charge is 0.308 e. The summed E-state index contributed by atoms with van der Waals surface area (Å²) in [7, 11) is 0. The fraction of sp³-hybridized carbons (Fsp3) is 0.348. The molecule has 0 spiro atoms. The molecular formula is C23H25N3O2S2. The number of amides is 1. The van der Waals surface area contributed by atoms with Gasteiger partial charge in [0.15, 0.2) is 5.16 Å². The maximum Gasteiger partial charge on any atom is 0.263 e. The van der Waals surface area contributed by atoms with Crippen LogP contribution in [0.15, 0.2) is 46.9 Å². The second kappa shape index (κ2) is 8.04. The summed E-state index contributed by atoms with van der Waals surface area (Å²) in [6.45, 7) is 12.1. The van der Waals surface area contributed by atoms with Crippen molar-refractivity contribution >= 4 is 44.9 Å². The fourth-order valence-corrected chi connectivity index (χ4v) is 6.03. The zero-order valence-electron chi connectivity index (χ0n) is 17.6. The maximum absolute atomic E-state index is 13.4. The van der Waals surface area contributed by atoms with Crippen molar-refractivity contribution < 1.29 is 4.79 Å². The van der Waals surface area contributed by atoms with Crippen LogP contribution in [0.5, 0.6) is 0 Å². The first-order valence-corrected chi connectivity index (χ1v) is 11.7. The van der Waals surface area contributed by atoms with E-state index in [1.165, 1.54) is 28.7 Å². The van der Waals surface area contributed by atoms with E-state index in [-0.39, 0.29) is 22.8 Å². The standard InChI is InChI=1S/C23H25N3O2S2/c1-6-11-25-22(28)19-14(3)15(4)29-20(19)24-23(25)30-16(5)21(27)26-13(2)12-17-9-7-8-10-18(17)26/h6-10,13,16H,1,11-12H2,2-5H3/t13-,16-/m1/s1. The Hall–Kier alpha value is -2.38. The van der Waals surface area contributed by atoms with Crippen LogP contribution in [0, 0.1) is 13.8 Å². The van der Waals surface area contributed by atoms with E-state index in [0.717, 1.165) is 27.4 Å². The molecule has 5 nitrogen and oxygen atoms in total. The minimum absolute atomic E-state index is 0.0375. The number of thiophene rings is 1. The van der Waals surface area contributed by atoms with Crippen molar-refractivity contribution in [1.82, 2.24) is 9.55 Å². The summed E-state index contributed by atoms with van der Waals surface area (Å²) in [6.07, 6.45) is 2.55. The molecule has 0 radical (unpaired) electrons. The summed E-state index contributed by atoms with van der Waals surface area (Å²) in [5, 5.41) is 0.862. The Kier molecular flexibility index (Phi) is 5.59. The molecule has 0 aliphatic carbocycles. The van der Waals surface area contributed by atoms with Gasteiger partial charge < -0.3 is 4.90 Å². The molecule has 0 unspecified atom stereocenters. The number of nitrogens with zero attached hydrogens (tertiary/aromatic N) is 3. The Balaban J connectivity index is 1.70. The third-order valence-corrected chi connectivity index (χ3v) is 7.82. The van der Waals surface area contributed by atoms with Crippen molar-refractivity contribution in [2.24, 2.45) is 0 Å². The number of carbonyl (C=O) groups is 1. The lowest BCUT2D eigenvalue weighted by Gasteiger charge is -2.26. The lowest BCUT2D eigenvalue weighted by atomic mass is 10.1. The first-order valence-electron chi connectivity index (χ1n) is 10.0. The smallest absolute Gasteiger partial charge is 0.263 e. The molecule has 3 aromatic rings. The van der Waals surface area contributed by atoms with Gasteiger partial charge in [0, 0.05) is 23.2 Å². The highest BCUT2D eigenvalue weighted by Gasteiger charge is 2.34.